The zero-order valence-corrected chi connectivity index (χ0v) is 11.8. The maximum Gasteiger partial charge on any atom is 0.227 e. The van der Waals surface area contributed by atoms with E-state index in [1.54, 1.807) is 0 Å². The quantitative estimate of drug-likeness (QED) is 0.845. The molecule has 1 heterocycles. The fourth-order valence-electron chi connectivity index (χ4n) is 2.44. The van der Waals surface area contributed by atoms with Gasteiger partial charge in [0.25, 0.3) is 0 Å². The molecule has 0 saturated heterocycles. The molecule has 0 aliphatic carbocycles. The molecule has 1 aliphatic heterocycles. The van der Waals surface area contributed by atoms with E-state index < -0.39 is 0 Å². The highest BCUT2D eigenvalue weighted by Gasteiger charge is 2.22. The third kappa shape index (κ3) is 2.83. The number of allylic oxidation sites excluding steroid dienone is 1. The lowest BCUT2D eigenvalue weighted by Crippen LogP contribution is -2.31. The molecule has 0 spiro atoms. The number of carbonyl (C=O) groups is 1. The number of nitrogens with zero attached hydrogens (tertiary/aromatic N) is 2. The first-order chi connectivity index (χ1) is 9.67. The standard InChI is InChI=1S/C16H18N2O2/c1-3-18-15(5-4-6-16(18)19)14-8-7-13(11-12(14)2)20-10-9-17/h5,7-8,11H,3-4,6,10H2,1-2H3. The number of aryl methyl sites for hydroxylation is 1. The number of hydrogen-bond donors (Lipinski definition) is 0. The van der Waals surface area contributed by atoms with Crippen molar-refractivity contribution in [2.75, 3.05) is 13.2 Å². The lowest BCUT2D eigenvalue weighted by Gasteiger charge is -2.28. The van der Waals surface area contributed by atoms with Crippen molar-refractivity contribution in [1.82, 2.24) is 4.90 Å². The Balaban J connectivity index is 2.31. The maximum atomic E-state index is 12.0. The number of ether oxygens (including phenoxy) is 1. The van der Waals surface area contributed by atoms with Crippen LogP contribution in [-0.2, 0) is 4.79 Å². The van der Waals surface area contributed by atoms with Gasteiger partial charge in [0, 0.05) is 24.2 Å². The van der Waals surface area contributed by atoms with Gasteiger partial charge in [-0.05, 0) is 44.0 Å². The Kier molecular flexibility index (Phi) is 4.41. The summed E-state index contributed by atoms with van der Waals surface area (Å²) in [5.74, 6) is 0.854. The van der Waals surface area contributed by atoms with Crippen molar-refractivity contribution in [2.45, 2.75) is 26.7 Å². The van der Waals surface area contributed by atoms with E-state index in [1.165, 1.54) is 0 Å². The van der Waals surface area contributed by atoms with E-state index in [9.17, 15) is 4.79 Å². The van der Waals surface area contributed by atoms with Crippen LogP contribution in [0.25, 0.3) is 5.70 Å². The van der Waals surface area contributed by atoms with E-state index in [0.29, 0.717) is 18.7 Å². The highest BCUT2D eigenvalue weighted by molar-refractivity contribution is 5.89. The van der Waals surface area contributed by atoms with Gasteiger partial charge in [-0.15, -0.1) is 0 Å². The molecule has 1 aromatic carbocycles. The molecule has 0 aromatic heterocycles. The minimum absolute atomic E-state index is 0.0427. The summed E-state index contributed by atoms with van der Waals surface area (Å²) in [6, 6.07) is 7.65. The molecule has 104 valence electrons. The average molecular weight is 270 g/mol. The van der Waals surface area contributed by atoms with Crippen molar-refractivity contribution in [3.63, 3.8) is 0 Å². The molecule has 0 atom stereocenters. The molecule has 0 saturated carbocycles. The third-order valence-corrected chi connectivity index (χ3v) is 3.38. The summed E-state index contributed by atoms with van der Waals surface area (Å²) in [7, 11) is 0. The van der Waals surface area contributed by atoms with Gasteiger partial charge in [0.15, 0.2) is 6.61 Å². The Bertz CT molecular complexity index is 585. The molecule has 0 unspecified atom stereocenters. The summed E-state index contributed by atoms with van der Waals surface area (Å²) in [4.78, 5) is 13.8. The third-order valence-electron chi connectivity index (χ3n) is 3.38. The lowest BCUT2D eigenvalue weighted by molar-refractivity contribution is -0.128. The van der Waals surface area contributed by atoms with Gasteiger partial charge >= 0.3 is 0 Å². The van der Waals surface area contributed by atoms with Gasteiger partial charge in [0.05, 0.1) is 0 Å². The summed E-state index contributed by atoms with van der Waals surface area (Å²) in [6.45, 7) is 4.69. The van der Waals surface area contributed by atoms with Crippen LogP contribution in [0.5, 0.6) is 5.75 Å². The normalized spacial score (nSPS) is 14.8. The number of amides is 1. The van der Waals surface area contributed by atoms with E-state index in [1.807, 2.05) is 43.0 Å². The summed E-state index contributed by atoms with van der Waals surface area (Å²) >= 11 is 0. The van der Waals surface area contributed by atoms with Gasteiger partial charge in [0.1, 0.15) is 11.8 Å². The van der Waals surface area contributed by atoms with Gasteiger partial charge in [0.2, 0.25) is 5.91 Å². The van der Waals surface area contributed by atoms with Gasteiger partial charge in [-0.3, -0.25) is 4.79 Å². The SMILES string of the molecule is CCN1C(=O)CCC=C1c1ccc(OCC#N)cc1C. The Morgan fingerprint density at radius 1 is 1.45 bits per heavy atom. The summed E-state index contributed by atoms with van der Waals surface area (Å²) < 4.78 is 5.29. The van der Waals surface area contributed by atoms with Crippen LogP contribution in [0.4, 0.5) is 0 Å². The first-order valence-electron chi connectivity index (χ1n) is 6.78. The molecule has 1 amide bonds. The van der Waals surface area contributed by atoms with Crippen molar-refractivity contribution >= 4 is 11.6 Å². The van der Waals surface area contributed by atoms with Crippen molar-refractivity contribution in [3.8, 4) is 11.8 Å². The number of hydrogen-bond acceptors (Lipinski definition) is 3. The molecular formula is C16H18N2O2. The van der Waals surface area contributed by atoms with Crippen LogP contribution < -0.4 is 4.74 Å². The zero-order valence-electron chi connectivity index (χ0n) is 11.8. The number of rotatable bonds is 4. The molecule has 0 radical (unpaired) electrons. The molecule has 0 bridgehead atoms. The minimum Gasteiger partial charge on any atom is -0.479 e. The van der Waals surface area contributed by atoms with Crippen LogP contribution in [0.2, 0.25) is 0 Å². The Hall–Kier alpha value is -2.28. The van der Waals surface area contributed by atoms with E-state index in [-0.39, 0.29) is 12.5 Å². The Morgan fingerprint density at radius 3 is 2.90 bits per heavy atom. The first kappa shape index (κ1) is 14.1. The Morgan fingerprint density at radius 2 is 2.25 bits per heavy atom. The molecule has 4 nitrogen and oxygen atoms in total. The fraction of sp³-hybridized carbons (Fsp3) is 0.375. The minimum atomic E-state index is 0.0427. The van der Waals surface area contributed by atoms with E-state index in [2.05, 4.69) is 6.08 Å². The van der Waals surface area contributed by atoms with Crippen LogP contribution >= 0.6 is 0 Å². The van der Waals surface area contributed by atoms with E-state index in [4.69, 9.17) is 10.00 Å². The van der Waals surface area contributed by atoms with Gasteiger partial charge < -0.3 is 9.64 Å². The number of carbonyl (C=O) groups excluding carboxylic acids is 1. The lowest BCUT2D eigenvalue weighted by atomic mass is 10.00. The van der Waals surface area contributed by atoms with Crippen molar-refractivity contribution < 1.29 is 9.53 Å². The second-order valence-electron chi connectivity index (χ2n) is 4.69. The van der Waals surface area contributed by atoms with E-state index >= 15 is 0 Å². The van der Waals surface area contributed by atoms with E-state index in [0.717, 1.165) is 23.2 Å². The monoisotopic (exact) mass is 270 g/mol. The molecule has 4 heteroatoms. The topological polar surface area (TPSA) is 53.3 Å². The summed E-state index contributed by atoms with van der Waals surface area (Å²) in [5.41, 5.74) is 3.07. The van der Waals surface area contributed by atoms with Crippen molar-refractivity contribution in [1.29, 1.82) is 5.26 Å². The number of nitriles is 1. The van der Waals surface area contributed by atoms with Gasteiger partial charge in [-0.1, -0.05) is 6.08 Å². The summed E-state index contributed by atoms with van der Waals surface area (Å²) in [5, 5.41) is 8.52. The number of benzene rings is 1. The van der Waals surface area contributed by atoms with Crippen LogP contribution in [0, 0.1) is 18.3 Å². The molecule has 1 aliphatic rings. The smallest absolute Gasteiger partial charge is 0.227 e. The molecule has 20 heavy (non-hydrogen) atoms. The second-order valence-corrected chi connectivity index (χ2v) is 4.69. The Labute approximate surface area is 119 Å². The van der Waals surface area contributed by atoms with Crippen LogP contribution in [-0.4, -0.2) is 24.0 Å². The molecule has 1 aromatic rings. The van der Waals surface area contributed by atoms with Gasteiger partial charge in [-0.2, -0.15) is 5.26 Å². The van der Waals surface area contributed by atoms with Gasteiger partial charge in [-0.25, -0.2) is 0 Å². The van der Waals surface area contributed by atoms with Crippen LogP contribution in [0.3, 0.4) is 0 Å². The summed E-state index contributed by atoms with van der Waals surface area (Å²) in [6.07, 6.45) is 3.49. The molecule has 2 rings (SSSR count). The van der Waals surface area contributed by atoms with Crippen molar-refractivity contribution in [3.05, 3.63) is 35.4 Å². The zero-order chi connectivity index (χ0) is 14.5. The second kappa shape index (κ2) is 6.25. The molecule has 0 fully saturated rings. The predicted octanol–water partition coefficient (Wildman–Crippen LogP) is 2.88. The molecular weight excluding hydrogens is 252 g/mol. The highest BCUT2D eigenvalue weighted by atomic mass is 16.5. The first-order valence-corrected chi connectivity index (χ1v) is 6.78. The van der Waals surface area contributed by atoms with Crippen LogP contribution in [0.1, 0.15) is 30.9 Å². The van der Waals surface area contributed by atoms with Crippen LogP contribution in [0.15, 0.2) is 24.3 Å². The highest BCUT2D eigenvalue weighted by Crippen LogP contribution is 2.29. The largest absolute Gasteiger partial charge is 0.479 e. The fourth-order valence-corrected chi connectivity index (χ4v) is 2.44. The average Bonchev–Trinajstić information content (AvgIpc) is 2.45. The molecule has 0 N–H and O–H groups in total. The van der Waals surface area contributed by atoms with Crippen molar-refractivity contribution in [2.24, 2.45) is 0 Å². The maximum absolute atomic E-state index is 12.0. The predicted molar refractivity (Wildman–Crippen MR) is 76.9 cm³/mol.